The fourth-order valence-electron chi connectivity index (χ4n) is 7.32. The van der Waals surface area contributed by atoms with Gasteiger partial charge in [0.1, 0.15) is 18.3 Å². The molecule has 0 N–H and O–H groups in total. The van der Waals surface area contributed by atoms with Crippen molar-refractivity contribution in [3.8, 4) is 0 Å². The van der Waals surface area contributed by atoms with Crippen LogP contribution in [-0.4, -0.2) is 125 Å². The summed E-state index contributed by atoms with van der Waals surface area (Å²) < 4.78 is 67.9. The van der Waals surface area contributed by atoms with E-state index in [0.29, 0.717) is 13.0 Å². The molecule has 16 heteroatoms. The van der Waals surface area contributed by atoms with Crippen LogP contribution in [0.4, 0.5) is 0 Å². The normalized spacial score (nSPS) is 24.9. The van der Waals surface area contributed by atoms with E-state index in [1.165, 1.54) is 43.5 Å². The zero-order valence-electron chi connectivity index (χ0n) is 37.3. The molecule has 2 aliphatic heterocycles. The predicted molar refractivity (Wildman–Crippen MR) is 234 cm³/mol. The molecule has 2 saturated heterocycles. The third-order valence-corrected chi connectivity index (χ3v) is 10.8. The Morgan fingerprint density at radius 1 is 0.485 bits per heavy atom. The van der Waals surface area contributed by atoms with E-state index in [2.05, 4.69) is 0 Å². The molecule has 0 aromatic heterocycles. The van der Waals surface area contributed by atoms with Crippen LogP contribution in [0, 0.1) is 0 Å². The molecule has 352 valence electrons. The molecule has 10 atom stereocenters. The van der Waals surface area contributed by atoms with Gasteiger partial charge in [-0.05, 0) is 61.4 Å². The van der Waals surface area contributed by atoms with Crippen LogP contribution in [0.25, 0.3) is 0 Å². The molecule has 0 radical (unpaired) electrons. The summed E-state index contributed by atoms with van der Waals surface area (Å²) in [6.07, 6.45) is -12.4. The number of hydrogen-bond acceptors (Lipinski definition) is 16. The smallest absolute Gasteiger partial charge is 0.339 e. The van der Waals surface area contributed by atoms with E-state index in [0.717, 1.165) is 26.4 Å². The van der Waals surface area contributed by atoms with Crippen molar-refractivity contribution in [1.82, 2.24) is 0 Å². The topological polar surface area (TPSA) is 187 Å². The van der Waals surface area contributed by atoms with Crippen molar-refractivity contribution >= 4 is 29.8 Å². The van der Waals surface area contributed by atoms with Crippen LogP contribution in [-0.2, 0) is 56.9 Å². The van der Waals surface area contributed by atoms with Crippen molar-refractivity contribution in [2.75, 3.05) is 34.0 Å². The molecule has 0 spiro atoms. The first-order valence-electron chi connectivity index (χ1n) is 22.0. The van der Waals surface area contributed by atoms with E-state index >= 15 is 0 Å². The van der Waals surface area contributed by atoms with Gasteiger partial charge < -0.3 is 52.1 Å². The van der Waals surface area contributed by atoms with Crippen molar-refractivity contribution in [2.45, 2.75) is 101 Å². The molecule has 0 saturated carbocycles. The fourth-order valence-corrected chi connectivity index (χ4v) is 7.32. The summed E-state index contributed by atoms with van der Waals surface area (Å²) in [7, 11) is 2.49. The molecule has 0 bridgehead atoms. The maximum Gasteiger partial charge on any atom is 0.339 e. The highest BCUT2D eigenvalue weighted by molar-refractivity contribution is 5.92. The van der Waals surface area contributed by atoms with Crippen LogP contribution in [0.5, 0.6) is 0 Å². The van der Waals surface area contributed by atoms with E-state index < -0.39 is 91.3 Å². The fraction of sp³-hybridized carbons (Fsp3) is 0.420. The first-order valence-corrected chi connectivity index (χ1v) is 22.0. The van der Waals surface area contributed by atoms with E-state index in [-0.39, 0.29) is 35.5 Å². The lowest BCUT2D eigenvalue weighted by molar-refractivity contribution is -0.357. The number of unbranched alkanes of at least 4 members (excludes halogenated alkanes) is 2. The summed E-state index contributed by atoms with van der Waals surface area (Å²) in [6, 6.07) is 32.0. The molecular formula is C50H56O16. The van der Waals surface area contributed by atoms with Gasteiger partial charge in [-0.15, -0.1) is 0 Å². The number of rotatable bonds is 21. The highest BCUT2D eigenvalue weighted by Crippen LogP contribution is 2.37. The zero-order valence-corrected chi connectivity index (χ0v) is 37.3. The molecule has 6 unspecified atom stereocenters. The van der Waals surface area contributed by atoms with Crippen molar-refractivity contribution < 1.29 is 76.1 Å². The summed E-state index contributed by atoms with van der Waals surface area (Å²) >= 11 is 0. The average molecular weight is 913 g/mol. The number of ether oxygens (including phenoxy) is 11. The van der Waals surface area contributed by atoms with Gasteiger partial charge in [-0.25, -0.2) is 24.0 Å². The lowest BCUT2D eigenvalue weighted by atomic mass is 9.95. The SMILES string of the molecule is CCCCOCC1O[C@@H](OC)C(OCCCC)C(O[C@@H]2OC(C(=O)OC)[C@@H](OC(=O)c3ccccc3)C(OC(=O)c3ccccc3)C2OC(=O)c2ccccc2)[C@H]1OC(=O)c1ccccc1. The number of hydrogen-bond donors (Lipinski definition) is 0. The Labute approximate surface area is 383 Å². The van der Waals surface area contributed by atoms with E-state index in [1.807, 2.05) is 13.8 Å². The summed E-state index contributed by atoms with van der Waals surface area (Å²) in [5.41, 5.74) is 0.459. The van der Waals surface area contributed by atoms with Gasteiger partial charge in [0, 0.05) is 20.3 Å². The second kappa shape index (κ2) is 25.0. The minimum atomic E-state index is -1.88. The maximum atomic E-state index is 14.2. The summed E-state index contributed by atoms with van der Waals surface area (Å²) in [5.74, 6) is -4.59. The Kier molecular flexibility index (Phi) is 18.8. The molecule has 6 rings (SSSR count). The number of carbonyl (C=O) groups excluding carboxylic acids is 5. The summed E-state index contributed by atoms with van der Waals surface area (Å²) in [5, 5.41) is 0. The Bertz CT molecular complexity index is 2140. The standard InChI is InChI=1S/C50H56O16/c1-5-7-29-58-31-36-37(61-44(51)32-21-13-9-14-22-32)38(42(49(57-4)60-36)59-30-8-6-2)65-50-43(64-47(54)35-27-19-12-20-28-35)40(63-46(53)34-25-17-11-18-26-34)39(41(66-50)48(55)56-3)62-45(52)33-23-15-10-16-24-33/h9-28,36-43,49-50H,5-8,29-31H2,1-4H3/t36?,37-,38?,39-,40?,41?,42?,43?,49+,50+/m0/s1. The van der Waals surface area contributed by atoms with E-state index in [9.17, 15) is 24.0 Å². The van der Waals surface area contributed by atoms with Gasteiger partial charge in [-0.1, -0.05) is 99.5 Å². The first kappa shape index (κ1) is 49.4. The van der Waals surface area contributed by atoms with Crippen molar-refractivity contribution in [2.24, 2.45) is 0 Å². The van der Waals surface area contributed by atoms with Crippen LogP contribution in [0.15, 0.2) is 121 Å². The number of carbonyl (C=O) groups is 5. The molecule has 0 amide bonds. The van der Waals surface area contributed by atoms with E-state index in [1.54, 1.807) is 84.9 Å². The average Bonchev–Trinajstić information content (AvgIpc) is 3.36. The van der Waals surface area contributed by atoms with Crippen LogP contribution in [0.3, 0.4) is 0 Å². The largest absolute Gasteiger partial charge is 0.467 e. The van der Waals surface area contributed by atoms with Gasteiger partial charge in [-0.2, -0.15) is 0 Å². The number of esters is 5. The Hall–Kier alpha value is -6.01. The Morgan fingerprint density at radius 3 is 1.38 bits per heavy atom. The lowest BCUT2D eigenvalue weighted by Crippen LogP contribution is -2.67. The quantitative estimate of drug-likeness (QED) is 0.0497. The first-order chi connectivity index (χ1) is 32.2. The van der Waals surface area contributed by atoms with Crippen LogP contribution in [0.2, 0.25) is 0 Å². The van der Waals surface area contributed by atoms with Gasteiger partial charge in [0.05, 0.1) is 36.0 Å². The minimum absolute atomic E-state index is 0.0768. The van der Waals surface area contributed by atoms with Crippen molar-refractivity contribution in [3.63, 3.8) is 0 Å². The monoisotopic (exact) mass is 912 g/mol. The van der Waals surface area contributed by atoms with Crippen LogP contribution >= 0.6 is 0 Å². The highest BCUT2D eigenvalue weighted by Gasteiger charge is 2.59. The van der Waals surface area contributed by atoms with Crippen molar-refractivity contribution in [1.29, 1.82) is 0 Å². The van der Waals surface area contributed by atoms with Gasteiger partial charge >= 0.3 is 29.8 Å². The molecule has 66 heavy (non-hydrogen) atoms. The van der Waals surface area contributed by atoms with Gasteiger partial charge in [-0.3, -0.25) is 0 Å². The van der Waals surface area contributed by atoms with Crippen molar-refractivity contribution in [3.05, 3.63) is 144 Å². The number of methoxy groups -OCH3 is 2. The predicted octanol–water partition coefficient (Wildman–Crippen LogP) is 6.55. The Balaban J connectivity index is 1.50. The molecule has 16 nitrogen and oxygen atoms in total. The van der Waals surface area contributed by atoms with Gasteiger partial charge in [0.2, 0.25) is 0 Å². The molecular weight excluding hydrogens is 857 g/mol. The molecule has 2 heterocycles. The van der Waals surface area contributed by atoms with Gasteiger partial charge in [0.25, 0.3) is 0 Å². The van der Waals surface area contributed by atoms with Gasteiger partial charge in [0.15, 0.2) is 43.1 Å². The van der Waals surface area contributed by atoms with Crippen LogP contribution in [0.1, 0.15) is 81.0 Å². The van der Waals surface area contributed by atoms with E-state index in [4.69, 9.17) is 52.1 Å². The minimum Gasteiger partial charge on any atom is -0.467 e. The second-order valence-corrected chi connectivity index (χ2v) is 15.4. The number of benzene rings is 4. The molecule has 2 fully saturated rings. The maximum absolute atomic E-state index is 14.2. The third-order valence-electron chi connectivity index (χ3n) is 10.8. The summed E-state index contributed by atoms with van der Waals surface area (Å²) in [6.45, 7) is 4.43. The molecule has 2 aliphatic rings. The highest BCUT2D eigenvalue weighted by atomic mass is 16.8. The molecule has 0 aliphatic carbocycles. The summed E-state index contributed by atoms with van der Waals surface area (Å²) in [4.78, 5) is 70.1. The second-order valence-electron chi connectivity index (χ2n) is 15.4. The Morgan fingerprint density at radius 2 is 0.924 bits per heavy atom. The van der Waals surface area contributed by atoms with Crippen LogP contribution < -0.4 is 0 Å². The third kappa shape index (κ3) is 12.9. The molecule has 4 aromatic rings. The molecule has 4 aromatic carbocycles. The lowest BCUT2D eigenvalue weighted by Gasteiger charge is -2.48. The zero-order chi connectivity index (χ0) is 46.8.